The maximum atomic E-state index is 13.4. The molecule has 1 unspecified atom stereocenters. The molecular weight excluding hydrogens is 388 g/mol. The quantitative estimate of drug-likeness (QED) is 0.701. The van der Waals surface area contributed by atoms with Gasteiger partial charge >= 0.3 is 0 Å². The van der Waals surface area contributed by atoms with Crippen molar-refractivity contribution < 1.29 is 9.21 Å². The van der Waals surface area contributed by atoms with Crippen LogP contribution < -0.4 is 5.73 Å². The summed E-state index contributed by atoms with van der Waals surface area (Å²) in [7, 11) is 0. The van der Waals surface area contributed by atoms with Crippen LogP contribution in [0.5, 0.6) is 0 Å². The third-order valence-electron chi connectivity index (χ3n) is 5.54. The highest BCUT2D eigenvalue weighted by Crippen LogP contribution is 2.31. The molecule has 2 N–H and O–H groups in total. The minimum absolute atomic E-state index is 0. The summed E-state index contributed by atoms with van der Waals surface area (Å²) < 4.78 is 7.53. The van der Waals surface area contributed by atoms with Gasteiger partial charge in [-0.15, -0.1) is 12.4 Å². The molecule has 0 aliphatic carbocycles. The molecule has 154 valence electrons. The van der Waals surface area contributed by atoms with Crippen molar-refractivity contribution in [3.05, 3.63) is 60.0 Å². The number of benzene rings is 1. The minimum Gasteiger partial charge on any atom is -0.460 e. The third-order valence-corrected chi connectivity index (χ3v) is 5.54. The molecule has 1 aromatic carbocycles. The van der Waals surface area contributed by atoms with E-state index >= 15 is 0 Å². The summed E-state index contributed by atoms with van der Waals surface area (Å²) in [6.07, 6.45) is 2.59. The maximum Gasteiger partial charge on any atom is 0.257 e. The highest BCUT2D eigenvalue weighted by molar-refractivity contribution is 5.99. The monoisotopic (exact) mass is 414 g/mol. The normalized spacial score (nSPS) is 18.3. The van der Waals surface area contributed by atoms with Crippen molar-refractivity contribution in [3.8, 4) is 17.1 Å². The number of carbonyl (C=O) groups excluding carboxylic acids is 1. The summed E-state index contributed by atoms with van der Waals surface area (Å²) in [6.45, 7) is 7.38. The number of carbonyl (C=O) groups is 1. The summed E-state index contributed by atoms with van der Waals surface area (Å²) in [4.78, 5) is 15.3. The highest BCUT2D eigenvalue weighted by atomic mass is 35.5. The molecule has 1 atom stereocenters. The fraction of sp³-hybridized carbons (Fsp3) is 0.364. The summed E-state index contributed by atoms with van der Waals surface area (Å²) in [5.41, 5.74) is 8.13. The summed E-state index contributed by atoms with van der Waals surface area (Å²) in [5.74, 6) is 1.35. The Bertz CT molecular complexity index is 993. The van der Waals surface area contributed by atoms with E-state index in [-0.39, 0.29) is 29.8 Å². The van der Waals surface area contributed by atoms with Gasteiger partial charge in [-0.2, -0.15) is 5.10 Å². The van der Waals surface area contributed by atoms with Gasteiger partial charge in [0, 0.05) is 25.3 Å². The van der Waals surface area contributed by atoms with E-state index in [4.69, 9.17) is 10.2 Å². The molecule has 0 radical (unpaired) electrons. The van der Waals surface area contributed by atoms with Crippen molar-refractivity contribution in [1.29, 1.82) is 0 Å². The lowest BCUT2D eigenvalue weighted by Crippen LogP contribution is -2.54. The first kappa shape index (κ1) is 21.1. The van der Waals surface area contributed by atoms with Crippen LogP contribution in [0.25, 0.3) is 17.1 Å². The number of hydrogen-bond acceptors (Lipinski definition) is 4. The molecule has 1 saturated heterocycles. The van der Waals surface area contributed by atoms with Crippen molar-refractivity contribution in [2.45, 2.75) is 33.2 Å². The Hall–Kier alpha value is -2.57. The van der Waals surface area contributed by atoms with Crippen LogP contribution in [-0.4, -0.2) is 39.7 Å². The number of halogens is 1. The zero-order valence-corrected chi connectivity index (χ0v) is 17.8. The molecule has 0 bridgehead atoms. The van der Waals surface area contributed by atoms with Crippen LogP contribution in [0.1, 0.15) is 36.4 Å². The maximum absolute atomic E-state index is 13.4. The molecule has 4 rings (SSSR count). The van der Waals surface area contributed by atoms with Gasteiger partial charge < -0.3 is 15.1 Å². The number of amides is 1. The zero-order valence-electron chi connectivity index (χ0n) is 17.0. The zero-order chi connectivity index (χ0) is 19.9. The van der Waals surface area contributed by atoms with Crippen molar-refractivity contribution >= 4 is 18.3 Å². The number of hydrogen-bond donors (Lipinski definition) is 1. The molecule has 6 nitrogen and oxygen atoms in total. The molecule has 1 aliphatic heterocycles. The van der Waals surface area contributed by atoms with Crippen molar-refractivity contribution in [2.24, 2.45) is 11.1 Å². The third kappa shape index (κ3) is 4.09. The fourth-order valence-electron chi connectivity index (χ4n) is 3.70. The summed E-state index contributed by atoms with van der Waals surface area (Å²) in [6, 6.07) is 13.6. The number of furan rings is 1. The Morgan fingerprint density at radius 1 is 1.21 bits per heavy atom. The van der Waals surface area contributed by atoms with E-state index in [0.29, 0.717) is 30.1 Å². The summed E-state index contributed by atoms with van der Waals surface area (Å²) >= 11 is 0. The second-order valence-electron chi connectivity index (χ2n) is 8.19. The van der Waals surface area contributed by atoms with Crippen LogP contribution in [0.3, 0.4) is 0 Å². The molecule has 3 heterocycles. The lowest BCUT2D eigenvalue weighted by atomic mass is 9.79. The average molecular weight is 415 g/mol. The Morgan fingerprint density at radius 3 is 2.55 bits per heavy atom. The van der Waals surface area contributed by atoms with Gasteiger partial charge in [-0.05, 0) is 43.0 Å². The van der Waals surface area contributed by atoms with Gasteiger partial charge in [0.2, 0.25) is 0 Å². The Morgan fingerprint density at radius 2 is 1.93 bits per heavy atom. The van der Waals surface area contributed by atoms with Crippen LogP contribution in [-0.2, 0) is 0 Å². The molecule has 2 aromatic heterocycles. The molecule has 1 fully saturated rings. The van der Waals surface area contributed by atoms with Gasteiger partial charge in [-0.1, -0.05) is 32.0 Å². The van der Waals surface area contributed by atoms with Gasteiger partial charge in [0.05, 0.1) is 11.3 Å². The number of aryl methyl sites for hydroxylation is 1. The number of likely N-dealkylation sites (tertiary alicyclic amines) is 1. The topological polar surface area (TPSA) is 77.3 Å². The standard InChI is InChI=1S/C22H26N4O2.ClH/c1-15-9-10-18(28-15)20-17(13-26(24-20)16-7-5-4-6-8-16)21(27)25-12-11-19(23)22(2,3)14-25;/h4-10,13,19H,11-12,14,23H2,1-3H3;1H. The number of piperidine rings is 1. The number of nitrogens with zero attached hydrogens (tertiary/aromatic N) is 3. The van der Waals surface area contributed by atoms with Crippen LogP contribution in [0, 0.1) is 12.3 Å². The molecule has 3 aromatic rings. The molecule has 0 spiro atoms. The second-order valence-corrected chi connectivity index (χ2v) is 8.19. The van der Waals surface area contributed by atoms with Gasteiger partial charge in [0.15, 0.2) is 5.76 Å². The van der Waals surface area contributed by atoms with E-state index < -0.39 is 0 Å². The first-order valence-electron chi connectivity index (χ1n) is 9.62. The lowest BCUT2D eigenvalue weighted by molar-refractivity contribution is 0.0533. The molecule has 1 amide bonds. The van der Waals surface area contributed by atoms with Crippen LogP contribution in [0.2, 0.25) is 0 Å². The number of nitrogens with two attached hydrogens (primary N) is 1. The molecule has 0 saturated carbocycles. The van der Waals surface area contributed by atoms with Crippen LogP contribution >= 0.6 is 12.4 Å². The van der Waals surface area contributed by atoms with Crippen molar-refractivity contribution in [3.63, 3.8) is 0 Å². The van der Waals surface area contributed by atoms with Crippen molar-refractivity contribution in [2.75, 3.05) is 13.1 Å². The Balaban J connectivity index is 0.00000240. The number of rotatable bonds is 3. The molecular formula is C22H27ClN4O2. The molecule has 29 heavy (non-hydrogen) atoms. The van der Waals surface area contributed by atoms with E-state index in [1.165, 1.54) is 0 Å². The minimum atomic E-state index is -0.120. The van der Waals surface area contributed by atoms with Crippen LogP contribution in [0.4, 0.5) is 0 Å². The van der Waals surface area contributed by atoms with Gasteiger partial charge in [0.25, 0.3) is 5.91 Å². The van der Waals surface area contributed by atoms with E-state index in [2.05, 4.69) is 18.9 Å². The van der Waals surface area contributed by atoms with Gasteiger partial charge in [-0.25, -0.2) is 4.68 Å². The second kappa shape index (κ2) is 8.05. The fourth-order valence-corrected chi connectivity index (χ4v) is 3.70. The van der Waals surface area contributed by atoms with E-state index in [9.17, 15) is 4.79 Å². The molecule has 7 heteroatoms. The van der Waals surface area contributed by atoms with E-state index in [1.54, 1.807) is 10.9 Å². The van der Waals surface area contributed by atoms with Gasteiger partial charge in [0.1, 0.15) is 11.5 Å². The average Bonchev–Trinajstić information content (AvgIpc) is 3.30. The van der Waals surface area contributed by atoms with Crippen molar-refractivity contribution in [1.82, 2.24) is 14.7 Å². The smallest absolute Gasteiger partial charge is 0.257 e. The highest BCUT2D eigenvalue weighted by Gasteiger charge is 2.37. The first-order chi connectivity index (χ1) is 13.3. The van der Waals surface area contributed by atoms with E-state index in [1.807, 2.05) is 54.3 Å². The lowest BCUT2D eigenvalue weighted by Gasteiger charge is -2.42. The predicted octanol–water partition coefficient (Wildman–Crippen LogP) is 4.06. The largest absolute Gasteiger partial charge is 0.460 e. The summed E-state index contributed by atoms with van der Waals surface area (Å²) in [5, 5.41) is 4.68. The SMILES string of the molecule is Cc1ccc(-c2nn(-c3ccccc3)cc2C(=O)N2CCC(N)C(C)(C)C2)o1.Cl. The Labute approximate surface area is 177 Å². The molecule has 1 aliphatic rings. The predicted molar refractivity (Wildman–Crippen MR) is 116 cm³/mol. The van der Waals surface area contributed by atoms with Crippen LogP contribution in [0.15, 0.2) is 53.1 Å². The Kier molecular flexibility index (Phi) is 5.87. The van der Waals surface area contributed by atoms with E-state index in [0.717, 1.165) is 17.9 Å². The first-order valence-corrected chi connectivity index (χ1v) is 9.62. The number of para-hydroxylation sites is 1. The number of aromatic nitrogens is 2. The van der Waals surface area contributed by atoms with Gasteiger partial charge in [-0.3, -0.25) is 4.79 Å².